The number of nitrogens with zero attached hydrogens (tertiary/aromatic N) is 2. The molecule has 4 saturated carbocycles. The third-order valence-electron chi connectivity index (χ3n) is 6.29. The molecule has 2 unspecified atom stereocenters. The molecule has 4 aliphatic rings. The van der Waals surface area contributed by atoms with E-state index in [4.69, 9.17) is 10.2 Å². The summed E-state index contributed by atoms with van der Waals surface area (Å²) in [6.07, 6.45) is 14.2. The average Bonchev–Trinajstić information content (AvgIpc) is 2.03. The molecule has 4 fully saturated rings. The Morgan fingerprint density at radius 2 is 1.06 bits per heavy atom. The van der Waals surface area contributed by atoms with Gasteiger partial charge in [-0.2, -0.15) is 10.2 Å². The fourth-order valence-corrected chi connectivity index (χ4v) is 4.31. The minimum Gasteiger partial charge on any atom is -0.190 e. The van der Waals surface area contributed by atoms with E-state index in [0.29, 0.717) is 22.9 Å². The van der Waals surface area contributed by atoms with E-state index in [0.717, 1.165) is 0 Å². The van der Waals surface area contributed by atoms with Crippen molar-refractivity contribution in [3.8, 4) is 0 Å². The molecule has 88 valence electrons. The van der Waals surface area contributed by atoms with E-state index < -0.39 is 0 Å². The first kappa shape index (κ1) is 9.61. The van der Waals surface area contributed by atoms with E-state index in [9.17, 15) is 0 Å². The second-order valence-electron chi connectivity index (χ2n) is 6.77. The standard InChI is InChI=1S/C14H22N2/c1-5-13(6-1)9-3-11(13)15-16-12-4-10-14(12)7-2-8-14/h11-12H,1-10H2. The van der Waals surface area contributed by atoms with Crippen LogP contribution in [-0.2, 0) is 0 Å². The van der Waals surface area contributed by atoms with Gasteiger partial charge in [0, 0.05) is 0 Å². The van der Waals surface area contributed by atoms with Gasteiger partial charge in [-0.1, -0.05) is 12.8 Å². The van der Waals surface area contributed by atoms with E-state index in [1.165, 1.54) is 64.2 Å². The van der Waals surface area contributed by atoms with Gasteiger partial charge < -0.3 is 0 Å². The fourth-order valence-electron chi connectivity index (χ4n) is 4.31. The molecule has 0 N–H and O–H groups in total. The normalized spacial score (nSPS) is 42.5. The van der Waals surface area contributed by atoms with Crippen molar-refractivity contribution in [2.24, 2.45) is 21.1 Å². The Kier molecular flexibility index (Phi) is 1.85. The van der Waals surface area contributed by atoms with Crippen LogP contribution in [-0.4, -0.2) is 12.1 Å². The zero-order chi connectivity index (χ0) is 10.6. The van der Waals surface area contributed by atoms with E-state index in [2.05, 4.69) is 0 Å². The molecule has 0 aromatic rings. The first-order valence-corrected chi connectivity index (χ1v) is 7.23. The molecule has 0 bridgehead atoms. The van der Waals surface area contributed by atoms with Crippen LogP contribution in [0, 0.1) is 10.8 Å². The minimum atomic E-state index is 0.624. The third-order valence-corrected chi connectivity index (χ3v) is 6.29. The van der Waals surface area contributed by atoms with Crippen LogP contribution in [0.1, 0.15) is 64.2 Å². The van der Waals surface area contributed by atoms with Gasteiger partial charge in [0.05, 0.1) is 12.1 Å². The van der Waals surface area contributed by atoms with Crippen LogP contribution in [0.5, 0.6) is 0 Å². The number of hydrogen-bond acceptors (Lipinski definition) is 2. The Bertz CT molecular complexity index is 283. The maximum Gasteiger partial charge on any atom is 0.0764 e. The van der Waals surface area contributed by atoms with Gasteiger partial charge in [0.2, 0.25) is 0 Å². The highest BCUT2D eigenvalue weighted by molar-refractivity contribution is 5.07. The number of hydrogen-bond donors (Lipinski definition) is 0. The summed E-state index contributed by atoms with van der Waals surface area (Å²) in [5, 5.41) is 9.46. The zero-order valence-corrected chi connectivity index (χ0v) is 10.1. The van der Waals surface area contributed by atoms with Crippen LogP contribution < -0.4 is 0 Å². The third kappa shape index (κ3) is 1.09. The Morgan fingerprint density at radius 1 is 0.625 bits per heavy atom. The summed E-state index contributed by atoms with van der Waals surface area (Å²) in [5.41, 5.74) is 1.31. The highest BCUT2D eigenvalue weighted by Crippen LogP contribution is 2.59. The molecule has 2 spiro atoms. The molecule has 0 radical (unpaired) electrons. The Labute approximate surface area is 97.9 Å². The minimum absolute atomic E-state index is 0.624. The molecular formula is C14H22N2. The summed E-state index contributed by atoms with van der Waals surface area (Å²) >= 11 is 0. The molecule has 4 rings (SSSR count). The Morgan fingerprint density at radius 3 is 1.25 bits per heavy atom. The Hall–Kier alpha value is -0.400. The topological polar surface area (TPSA) is 24.7 Å². The molecular weight excluding hydrogens is 196 g/mol. The second kappa shape index (κ2) is 3.08. The van der Waals surface area contributed by atoms with Gasteiger partial charge in [-0.25, -0.2) is 0 Å². The van der Waals surface area contributed by atoms with Crippen molar-refractivity contribution >= 4 is 0 Å². The van der Waals surface area contributed by atoms with Crippen LogP contribution in [0.3, 0.4) is 0 Å². The van der Waals surface area contributed by atoms with Gasteiger partial charge >= 0.3 is 0 Å². The van der Waals surface area contributed by atoms with Crippen molar-refractivity contribution < 1.29 is 0 Å². The summed E-state index contributed by atoms with van der Waals surface area (Å²) in [6, 6.07) is 1.25. The van der Waals surface area contributed by atoms with Crippen molar-refractivity contribution in [3.63, 3.8) is 0 Å². The van der Waals surface area contributed by atoms with E-state index in [1.54, 1.807) is 0 Å². The molecule has 0 aliphatic heterocycles. The zero-order valence-electron chi connectivity index (χ0n) is 10.1. The second-order valence-corrected chi connectivity index (χ2v) is 6.77. The molecule has 2 atom stereocenters. The lowest BCUT2D eigenvalue weighted by Crippen LogP contribution is -2.50. The molecule has 2 nitrogen and oxygen atoms in total. The van der Waals surface area contributed by atoms with Gasteiger partial charge in [-0.05, 0) is 62.2 Å². The summed E-state index contributed by atoms with van der Waals surface area (Å²) in [5.74, 6) is 0. The monoisotopic (exact) mass is 218 g/mol. The van der Waals surface area contributed by atoms with Crippen LogP contribution in [0.25, 0.3) is 0 Å². The van der Waals surface area contributed by atoms with E-state index in [-0.39, 0.29) is 0 Å². The van der Waals surface area contributed by atoms with Crippen LogP contribution in [0.15, 0.2) is 10.2 Å². The first-order chi connectivity index (χ1) is 7.83. The highest BCUT2D eigenvalue weighted by Gasteiger charge is 2.53. The summed E-state index contributed by atoms with van der Waals surface area (Å²) in [4.78, 5) is 0. The summed E-state index contributed by atoms with van der Waals surface area (Å²) in [6.45, 7) is 0. The van der Waals surface area contributed by atoms with E-state index in [1.807, 2.05) is 0 Å². The fraction of sp³-hybridized carbons (Fsp3) is 1.00. The van der Waals surface area contributed by atoms with Gasteiger partial charge in [-0.3, -0.25) is 0 Å². The molecule has 16 heavy (non-hydrogen) atoms. The van der Waals surface area contributed by atoms with Crippen molar-refractivity contribution in [3.05, 3.63) is 0 Å². The predicted molar refractivity (Wildman–Crippen MR) is 63.5 cm³/mol. The van der Waals surface area contributed by atoms with Crippen molar-refractivity contribution in [1.82, 2.24) is 0 Å². The maximum absolute atomic E-state index is 4.73. The smallest absolute Gasteiger partial charge is 0.0764 e. The highest BCUT2D eigenvalue weighted by atomic mass is 15.2. The van der Waals surface area contributed by atoms with E-state index >= 15 is 0 Å². The van der Waals surface area contributed by atoms with Crippen molar-refractivity contribution in [1.29, 1.82) is 0 Å². The number of azo groups is 1. The van der Waals surface area contributed by atoms with Crippen molar-refractivity contribution in [2.45, 2.75) is 76.3 Å². The van der Waals surface area contributed by atoms with Crippen molar-refractivity contribution in [2.75, 3.05) is 0 Å². The number of rotatable bonds is 2. The lowest BCUT2D eigenvalue weighted by molar-refractivity contribution is -0.0178. The molecule has 0 aromatic carbocycles. The maximum atomic E-state index is 4.73. The van der Waals surface area contributed by atoms with Gasteiger partial charge in [0.25, 0.3) is 0 Å². The van der Waals surface area contributed by atoms with Crippen LogP contribution in [0.2, 0.25) is 0 Å². The SMILES string of the molecule is C1CC2(C1)CCC2N=NC1CCC12CCC2. The van der Waals surface area contributed by atoms with Crippen LogP contribution >= 0.6 is 0 Å². The molecule has 0 heterocycles. The van der Waals surface area contributed by atoms with Gasteiger partial charge in [0.15, 0.2) is 0 Å². The average molecular weight is 218 g/mol. The summed E-state index contributed by atoms with van der Waals surface area (Å²) < 4.78 is 0. The summed E-state index contributed by atoms with van der Waals surface area (Å²) in [7, 11) is 0. The van der Waals surface area contributed by atoms with Crippen LogP contribution in [0.4, 0.5) is 0 Å². The first-order valence-electron chi connectivity index (χ1n) is 7.23. The molecule has 0 saturated heterocycles. The largest absolute Gasteiger partial charge is 0.190 e. The Balaban J connectivity index is 1.40. The lowest BCUT2D eigenvalue weighted by Gasteiger charge is -2.55. The molecule has 4 aliphatic carbocycles. The predicted octanol–water partition coefficient (Wildman–Crippen LogP) is 4.10. The van der Waals surface area contributed by atoms with Gasteiger partial charge in [-0.15, -0.1) is 0 Å². The molecule has 0 aromatic heterocycles. The quantitative estimate of drug-likeness (QED) is 0.623. The lowest BCUT2D eigenvalue weighted by atomic mass is 9.53. The molecule has 2 heteroatoms. The molecule has 0 amide bonds. The van der Waals surface area contributed by atoms with Gasteiger partial charge in [0.1, 0.15) is 0 Å².